The van der Waals surface area contributed by atoms with Crippen LogP contribution in [0.15, 0.2) is 29.0 Å². The van der Waals surface area contributed by atoms with Gasteiger partial charge in [0.05, 0.1) is 21.4 Å². The van der Waals surface area contributed by atoms with Gasteiger partial charge < -0.3 is 4.90 Å². The lowest BCUT2D eigenvalue weighted by atomic mass is 10.1. The van der Waals surface area contributed by atoms with Crippen LogP contribution in [-0.2, 0) is 12.5 Å². The highest BCUT2D eigenvalue weighted by Gasteiger charge is 2.36. The smallest absolute Gasteiger partial charge is 0.288 e. The van der Waals surface area contributed by atoms with Crippen molar-refractivity contribution in [1.29, 1.82) is 0 Å². The fraction of sp³-hybridized carbons (Fsp3) is 0.400. The molecule has 22 heavy (non-hydrogen) atoms. The number of allylic oxidation sites excluding steroid dienone is 3. The third kappa shape index (κ3) is 2.68. The Morgan fingerprint density at radius 1 is 1.36 bits per heavy atom. The maximum absolute atomic E-state index is 13.9. The number of alkyl halides is 2. The summed E-state index contributed by atoms with van der Waals surface area (Å²) >= 11 is 12.3. The maximum Gasteiger partial charge on any atom is 0.288 e. The van der Waals surface area contributed by atoms with Gasteiger partial charge in [0, 0.05) is 20.5 Å². The number of rotatable bonds is 3. The molecule has 0 spiro atoms. The van der Waals surface area contributed by atoms with Crippen LogP contribution in [0.2, 0.25) is 5.02 Å². The van der Waals surface area contributed by atoms with Gasteiger partial charge in [0.1, 0.15) is 11.4 Å². The molecule has 7 heteroatoms. The van der Waals surface area contributed by atoms with Gasteiger partial charge in [0.25, 0.3) is 5.92 Å². The number of halogens is 4. The van der Waals surface area contributed by atoms with Crippen molar-refractivity contribution in [2.45, 2.75) is 33.2 Å². The zero-order chi connectivity index (χ0) is 16.8. The van der Waals surface area contributed by atoms with Gasteiger partial charge in [0.15, 0.2) is 0 Å². The summed E-state index contributed by atoms with van der Waals surface area (Å²) in [7, 11) is 1.75. The molecule has 0 saturated carbocycles. The van der Waals surface area contributed by atoms with Crippen molar-refractivity contribution in [3.05, 3.63) is 45.4 Å². The predicted molar refractivity (Wildman–Crippen MR) is 85.9 cm³/mol. The van der Waals surface area contributed by atoms with Crippen molar-refractivity contribution in [2.75, 3.05) is 7.05 Å². The summed E-state index contributed by atoms with van der Waals surface area (Å²) in [6.45, 7) is 8.56. The summed E-state index contributed by atoms with van der Waals surface area (Å²) in [5, 5.41) is 4.72. The van der Waals surface area contributed by atoms with Gasteiger partial charge in [-0.25, -0.2) is 0 Å². The van der Waals surface area contributed by atoms with E-state index in [-0.39, 0.29) is 10.7 Å². The Balaban J connectivity index is 2.71. The first-order chi connectivity index (χ1) is 10.1. The molecule has 0 amide bonds. The molecule has 3 nitrogen and oxygen atoms in total. The summed E-state index contributed by atoms with van der Waals surface area (Å²) in [5.74, 6) is -3.08. The summed E-state index contributed by atoms with van der Waals surface area (Å²) < 4.78 is 28.9. The molecule has 0 atom stereocenters. The summed E-state index contributed by atoms with van der Waals surface area (Å²) in [6.07, 6.45) is 1.73. The summed E-state index contributed by atoms with van der Waals surface area (Å²) in [4.78, 5) is 1.71. The first kappa shape index (κ1) is 17.0. The van der Waals surface area contributed by atoms with Crippen molar-refractivity contribution < 1.29 is 8.78 Å². The van der Waals surface area contributed by atoms with Crippen LogP contribution in [0.5, 0.6) is 0 Å². The van der Waals surface area contributed by atoms with E-state index < -0.39 is 5.92 Å². The zero-order valence-electron chi connectivity index (χ0n) is 12.8. The monoisotopic (exact) mass is 347 g/mol. The molecule has 1 aromatic rings. The van der Waals surface area contributed by atoms with E-state index in [1.165, 1.54) is 4.68 Å². The molecule has 0 bridgehead atoms. The molecule has 0 radical (unpaired) electrons. The summed E-state index contributed by atoms with van der Waals surface area (Å²) in [5.41, 5.74) is 1.99. The molecule has 120 valence electrons. The second-order valence-corrected chi connectivity index (χ2v) is 6.03. The van der Waals surface area contributed by atoms with Crippen LogP contribution < -0.4 is 0 Å². The Hall–Kier alpha value is -1.33. The van der Waals surface area contributed by atoms with E-state index in [4.69, 9.17) is 23.2 Å². The Kier molecular flexibility index (Phi) is 4.42. The second kappa shape index (κ2) is 5.70. The van der Waals surface area contributed by atoms with Crippen molar-refractivity contribution in [3.63, 3.8) is 0 Å². The van der Waals surface area contributed by atoms with Gasteiger partial charge in [-0.2, -0.15) is 13.9 Å². The highest BCUT2D eigenvalue weighted by molar-refractivity contribution is 6.33. The van der Waals surface area contributed by atoms with E-state index >= 15 is 0 Å². The molecule has 0 unspecified atom stereocenters. The fourth-order valence-corrected chi connectivity index (χ4v) is 3.17. The van der Waals surface area contributed by atoms with E-state index in [2.05, 4.69) is 11.7 Å². The number of nitrogens with zero attached hydrogens (tertiary/aromatic N) is 3. The van der Waals surface area contributed by atoms with Crippen molar-refractivity contribution >= 4 is 28.9 Å². The first-order valence-corrected chi connectivity index (χ1v) is 7.51. The molecule has 2 heterocycles. The van der Waals surface area contributed by atoms with Gasteiger partial charge >= 0.3 is 0 Å². The van der Waals surface area contributed by atoms with Crippen LogP contribution >= 0.6 is 23.2 Å². The van der Waals surface area contributed by atoms with Crippen molar-refractivity contribution in [2.24, 2.45) is 0 Å². The van der Waals surface area contributed by atoms with Crippen LogP contribution in [-0.4, -0.2) is 21.7 Å². The van der Waals surface area contributed by atoms with E-state index in [1.807, 2.05) is 6.92 Å². The van der Waals surface area contributed by atoms with E-state index in [9.17, 15) is 8.78 Å². The van der Waals surface area contributed by atoms with Crippen LogP contribution in [0, 0.1) is 0 Å². The third-order valence-electron chi connectivity index (χ3n) is 3.57. The SMILES string of the molecule is C=C1C(Cl)=CC(C)=C(c2nn(CC)c(C(C)(F)F)c2Cl)N1C. The Morgan fingerprint density at radius 3 is 2.41 bits per heavy atom. The van der Waals surface area contributed by atoms with Gasteiger partial charge in [0.2, 0.25) is 0 Å². The quantitative estimate of drug-likeness (QED) is 0.768. The topological polar surface area (TPSA) is 21.1 Å². The van der Waals surface area contributed by atoms with Crippen LogP contribution in [0.4, 0.5) is 8.78 Å². The van der Waals surface area contributed by atoms with Gasteiger partial charge in [-0.3, -0.25) is 4.68 Å². The molecule has 2 rings (SSSR count). The molecule has 0 saturated heterocycles. The molecule has 0 aliphatic carbocycles. The molecule has 1 aromatic heterocycles. The molecule has 0 fully saturated rings. The Morgan fingerprint density at radius 2 is 1.95 bits per heavy atom. The van der Waals surface area contributed by atoms with Gasteiger partial charge in [-0.05, 0) is 25.5 Å². The highest BCUT2D eigenvalue weighted by Crippen LogP contribution is 2.41. The molecule has 0 N–H and O–H groups in total. The minimum atomic E-state index is -3.08. The number of hydrogen-bond acceptors (Lipinski definition) is 2. The largest absolute Gasteiger partial charge is 0.342 e. The van der Waals surface area contributed by atoms with E-state index in [0.717, 1.165) is 12.5 Å². The fourth-order valence-electron chi connectivity index (χ4n) is 2.49. The number of hydrogen-bond donors (Lipinski definition) is 0. The molecule has 1 aliphatic rings. The minimum Gasteiger partial charge on any atom is -0.342 e. The lowest BCUT2D eigenvalue weighted by Gasteiger charge is -2.28. The Bertz CT molecular complexity index is 696. The second-order valence-electron chi connectivity index (χ2n) is 5.24. The third-order valence-corrected chi connectivity index (χ3v) is 4.25. The van der Waals surface area contributed by atoms with Crippen LogP contribution in [0.25, 0.3) is 5.70 Å². The summed E-state index contributed by atoms with van der Waals surface area (Å²) in [6, 6.07) is 0. The molecular formula is C15H17Cl2F2N3. The van der Waals surface area contributed by atoms with Gasteiger partial charge in [-0.15, -0.1) is 0 Å². The van der Waals surface area contributed by atoms with Crippen LogP contribution in [0.1, 0.15) is 32.2 Å². The highest BCUT2D eigenvalue weighted by atomic mass is 35.5. The standard InChI is InChI=1S/C15H17Cl2F2N3/c1-6-22-14(15(4,18)19)11(17)12(20-22)13-8(2)7-10(16)9(3)21(13)5/h7H,3,6H2,1-2,4-5H3. The number of aromatic nitrogens is 2. The average Bonchev–Trinajstić information content (AvgIpc) is 2.73. The van der Waals surface area contributed by atoms with Crippen LogP contribution in [0.3, 0.4) is 0 Å². The zero-order valence-corrected chi connectivity index (χ0v) is 14.4. The lowest BCUT2D eigenvalue weighted by molar-refractivity contribution is 0.00807. The minimum absolute atomic E-state index is 0.0465. The molecule has 1 aliphatic heterocycles. The maximum atomic E-state index is 13.9. The normalized spacial score (nSPS) is 16.5. The van der Waals surface area contributed by atoms with E-state index in [0.29, 0.717) is 28.7 Å². The lowest BCUT2D eigenvalue weighted by Crippen LogP contribution is -2.20. The van der Waals surface area contributed by atoms with Crippen molar-refractivity contribution in [1.82, 2.24) is 14.7 Å². The van der Waals surface area contributed by atoms with Gasteiger partial charge in [-0.1, -0.05) is 29.8 Å². The average molecular weight is 348 g/mol. The molecule has 0 aromatic carbocycles. The number of aryl methyl sites for hydroxylation is 1. The Labute approximate surface area is 138 Å². The van der Waals surface area contributed by atoms with E-state index in [1.54, 1.807) is 24.9 Å². The number of likely N-dealkylation sites (N-methyl/N-ethyl adjacent to an activating group) is 1. The van der Waals surface area contributed by atoms with Crippen molar-refractivity contribution in [3.8, 4) is 0 Å². The first-order valence-electron chi connectivity index (χ1n) is 6.75. The predicted octanol–water partition coefficient (Wildman–Crippen LogP) is 4.98. The molecular weight excluding hydrogens is 331 g/mol.